The van der Waals surface area contributed by atoms with E-state index in [1.54, 1.807) is 6.92 Å². The highest BCUT2D eigenvalue weighted by Crippen LogP contribution is 2.11. The van der Waals surface area contributed by atoms with Crippen LogP contribution >= 0.6 is 0 Å². The zero-order valence-electron chi connectivity index (χ0n) is 14.8. The van der Waals surface area contributed by atoms with Gasteiger partial charge in [-0.1, -0.05) is 10.3 Å². The molecule has 0 rings (SSSR count). The van der Waals surface area contributed by atoms with E-state index in [1.165, 1.54) is 0 Å². The molecule has 8 nitrogen and oxygen atoms in total. The van der Waals surface area contributed by atoms with Crippen LogP contribution < -0.4 is 16.4 Å². The molecule has 1 amide bonds. The molecule has 0 atom stereocenters. The molecule has 0 bridgehead atoms. The fourth-order valence-electron chi connectivity index (χ4n) is 1.97. The Hall–Kier alpha value is -1.67. The Bertz CT molecular complexity index is 444. The second kappa shape index (κ2) is 9.46. The van der Waals surface area contributed by atoms with Crippen molar-refractivity contribution < 1.29 is 15.2 Å². The van der Waals surface area contributed by atoms with Crippen molar-refractivity contribution in [1.29, 1.82) is 0 Å². The molecule has 6 N–H and O–H groups in total. The number of nitrogens with two attached hydrogens (primary N) is 1. The molecule has 0 spiro atoms. The Kier molecular flexibility index (Phi) is 8.78. The molecule has 0 aromatic rings. The van der Waals surface area contributed by atoms with E-state index in [2.05, 4.69) is 20.9 Å². The highest BCUT2D eigenvalue weighted by molar-refractivity contribution is 5.94. The van der Waals surface area contributed by atoms with Crippen LogP contribution in [0, 0.1) is 0 Å². The lowest BCUT2D eigenvalue weighted by Gasteiger charge is -2.28. The fraction of sp³-hybridized carbons (Fsp3) is 0.800. The summed E-state index contributed by atoms with van der Waals surface area (Å²) in [4.78, 5) is 10.8. The highest BCUT2D eigenvalue weighted by atomic mass is 16.4. The van der Waals surface area contributed by atoms with Crippen molar-refractivity contribution in [2.24, 2.45) is 16.0 Å². The summed E-state index contributed by atoms with van der Waals surface area (Å²) < 4.78 is 0. The smallest absolute Gasteiger partial charge is 0.217 e. The summed E-state index contributed by atoms with van der Waals surface area (Å²) in [5, 5.41) is 31.1. The summed E-state index contributed by atoms with van der Waals surface area (Å²) in [7, 11) is 0. The number of hydrogen-bond acceptors (Lipinski definition) is 7. The molecular weight excluding hydrogens is 298 g/mol. The summed E-state index contributed by atoms with van der Waals surface area (Å²) in [6.45, 7) is 10.9. The summed E-state index contributed by atoms with van der Waals surface area (Å²) in [5.41, 5.74) is 5.34. The molecule has 0 aromatic heterocycles. The van der Waals surface area contributed by atoms with E-state index in [1.807, 2.05) is 27.7 Å². The van der Waals surface area contributed by atoms with Crippen LogP contribution in [0.5, 0.6) is 0 Å². The Morgan fingerprint density at radius 3 is 1.96 bits per heavy atom. The van der Waals surface area contributed by atoms with Crippen molar-refractivity contribution in [3.05, 3.63) is 0 Å². The van der Waals surface area contributed by atoms with Crippen molar-refractivity contribution in [1.82, 2.24) is 10.6 Å². The van der Waals surface area contributed by atoms with Crippen LogP contribution in [0.2, 0.25) is 0 Å². The van der Waals surface area contributed by atoms with Crippen LogP contribution in [0.1, 0.15) is 53.9 Å². The first-order valence-corrected chi connectivity index (χ1v) is 7.75. The van der Waals surface area contributed by atoms with Gasteiger partial charge in [0.15, 0.2) is 0 Å². The van der Waals surface area contributed by atoms with Gasteiger partial charge in [-0.05, 0) is 60.5 Å². The van der Waals surface area contributed by atoms with Crippen LogP contribution in [-0.2, 0) is 4.79 Å². The predicted molar refractivity (Wildman–Crippen MR) is 91.3 cm³/mol. The lowest BCUT2D eigenvalue weighted by Crippen LogP contribution is -2.49. The van der Waals surface area contributed by atoms with Gasteiger partial charge in [-0.2, -0.15) is 0 Å². The lowest BCUT2D eigenvalue weighted by atomic mass is 9.94. The minimum atomic E-state index is -0.526. The zero-order chi connectivity index (χ0) is 18.1. The number of nitrogens with zero attached hydrogens (tertiary/aromatic N) is 2. The number of nitrogens with one attached hydrogen (secondary N) is 2. The SMILES string of the molecule is C/C(=N\O)C(C)(C)NCCCNC(C)(C)/C(CCC(N)=O)=N/O. The van der Waals surface area contributed by atoms with Gasteiger partial charge in [0.25, 0.3) is 0 Å². The fourth-order valence-corrected chi connectivity index (χ4v) is 1.97. The molecule has 0 aromatic carbocycles. The van der Waals surface area contributed by atoms with Gasteiger partial charge < -0.3 is 26.8 Å². The molecule has 0 aliphatic carbocycles. The summed E-state index contributed by atoms with van der Waals surface area (Å²) in [6.07, 6.45) is 1.31. The Morgan fingerprint density at radius 2 is 1.52 bits per heavy atom. The number of carbonyl (C=O) groups excluding carboxylic acids is 1. The van der Waals surface area contributed by atoms with Crippen LogP contribution in [0.25, 0.3) is 0 Å². The van der Waals surface area contributed by atoms with E-state index in [0.29, 0.717) is 24.4 Å². The second-order valence-electron chi connectivity index (χ2n) is 6.66. The predicted octanol–water partition coefficient (Wildman–Crippen LogP) is 1.06. The topological polar surface area (TPSA) is 132 Å². The maximum absolute atomic E-state index is 10.8. The molecule has 0 radical (unpaired) electrons. The van der Waals surface area contributed by atoms with Crippen LogP contribution in [0.3, 0.4) is 0 Å². The van der Waals surface area contributed by atoms with Gasteiger partial charge in [-0.15, -0.1) is 0 Å². The number of hydrogen-bond donors (Lipinski definition) is 5. The van der Waals surface area contributed by atoms with Crippen molar-refractivity contribution in [2.45, 2.75) is 65.0 Å². The van der Waals surface area contributed by atoms with Gasteiger partial charge in [-0.25, -0.2) is 0 Å². The van der Waals surface area contributed by atoms with Crippen molar-refractivity contribution in [2.75, 3.05) is 13.1 Å². The monoisotopic (exact) mass is 329 g/mol. The molecule has 23 heavy (non-hydrogen) atoms. The number of carbonyl (C=O) groups is 1. The third-order valence-electron chi connectivity index (χ3n) is 3.99. The average Bonchev–Trinajstić information content (AvgIpc) is 2.45. The molecule has 0 fully saturated rings. The maximum Gasteiger partial charge on any atom is 0.217 e. The van der Waals surface area contributed by atoms with Crippen LogP contribution in [0.15, 0.2) is 10.3 Å². The van der Waals surface area contributed by atoms with E-state index >= 15 is 0 Å². The van der Waals surface area contributed by atoms with Gasteiger partial charge in [0.05, 0.1) is 22.5 Å². The molecule has 0 saturated heterocycles. The lowest BCUT2D eigenvalue weighted by molar-refractivity contribution is -0.117. The highest BCUT2D eigenvalue weighted by Gasteiger charge is 2.25. The quantitative estimate of drug-likeness (QED) is 0.167. The molecule has 8 heteroatoms. The number of amides is 1. The normalized spacial score (nSPS) is 14.1. The minimum Gasteiger partial charge on any atom is -0.411 e. The van der Waals surface area contributed by atoms with E-state index in [9.17, 15) is 4.79 Å². The molecule has 0 aliphatic rings. The van der Waals surface area contributed by atoms with Gasteiger partial charge >= 0.3 is 0 Å². The Balaban J connectivity index is 4.27. The molecule has 134 valence electrons. The van der Waals surface area contributed by atoms with Crippen molar-refractivity contribution in [3.8, 4) is 0 Å². The molecular formula is C15H31N5O3. The van der Waals surface area contributed by atoms with Crippen molar-refractivity contribution >= 4 is 17.3 Å². The molecule has 0 saturated carbocycles. The third kappa shape index (κ3) is 7.94. The first-order valence-electron chi connectivity index (χ1n) is 7.75. The van der Waals surface area contributed by atoms with Gasteiger partial charge in [0.2, 0.25) is 5.91 Å². The van der Waals surface area contributed by atoms with E-state index in [-0.39, 0.29) is 12.0 Å². The molecule has 0 aliphatic heterocycles. The van der Waals surface area contributed by atoms with Gasteiger partial charge in [-0.3, -0.25) is 4.79 Å². The number of rotatable bonds is 11. The van der Waals surface area contributed by atoms with Crippen molar-refractivity contribution in [3.63, 3.8) is 0 Å². The average molecular weight is 329 g/mol. The van der Waals surface area contributed by atoms with Gasteiger partial charge in [0, 0.05) is 6.42 Å². The first kappa shape index (κ1) is 21.3. The van der Waals surface area contributed by atoms with E-state index in [4.69, 9.17) is 16.1 Å². The summed E-state index contributed by atoms with van der Waals surface area (Å²) in [6, 6.07) is 0. The summed E-state index contributed by atoms with van der Waals surface area (Å²) >= 11 is 0. The van der Waals surface area contributed by atoms with Crippen LogP contribution in [-0.4, -0.2) is 51.9 Å². The Labute approximate surface area is 138 Å². The van der Waals surface area contributed by atoms with E-state index < -0.39 is 11.4 Å². The van der Waals surface area contributed by atoms with Crippen LogP contribution in [0.4, 0.5) is 0 Å². The largest absolute Gasteiger partial charge is 0.411 e. The zero-order valence-corrected chi connectivity index (χ0v) is 14.8. The molecule has 0 heterocycles. The maximum atomic E-state index is 10.8. The first-order chi connectivity index (χ1) is 10.6. The van der Waals surface area contributed by atoms with Gasteiger partial charge in [0.1, 0.15) is 0 Å². The minimum absolute atomic E-state index is 0.153. The number of primary amides is 1. The third-order valence-corrected chi connectivity index (χ3v) is 3.99. The molecule has 0 unspecified atom stereocenters. The summed E-state index contributed by atoms with van der Waals surface area (Å²) in [5.74, 6) is -0.422. The number of oxime groups is 2. The van der Waals surface area contributed by atoms with E-state index in [0.717, 1.165) is 13.0 Å². The standard InChI is InChI=1S/C15H31N5O3/c1-11(19-22)14(2,3)17-9-6-10-18-15(4,5)12(20-23)7-8-13(16)21/h17-18,22-23H,6-10H2,1-5H3,(H2,16,21)/b19-11+,20-12+. The second-order valence-corrected chi connectivity index (χ2v) is 6.66. The Morgan fingerprint density at radius 1 is 1.00 bits per heavy atom.